The molecule has 3 aromatic rings. The average Bonchev–Trinajstić information content (AvgIpc) is 2.71. The van der Waals surface area contributed by atoms with Gasteiger partial charge in [0, 0.05) is 30.7 Å². The summed E-state index contributed by atoms with van der Waals surface area (Å²) >= 11 is 0. The molecule has 0 saturated heterocycles. The van der Waals surface area contributed by atoms with E-state index in [4.69, 9.17) is 4.74 Å². The zero-order valence-corrected chi connectivity index (χ0v) is 17.8. The van der Waals surface area contributed by atoms with Crippen LogP contribution in [0.5, 0.6) is 0 Å². The molecule has 3 rings (SSSR count). The van der Waals surface area contributed by atoms with Crippen molar-refractivity contribution < 1.29 is 14.3 Å². The number of carbonyl (C=O) groups excluding carboxylic acids is 2. The minimum atomic E-state index is -0.767. The van der Waals surface area contributed by atoms with Gasteiger partial charge in [0.25, 0.3) is 0 Å². The van der Waals surface area contributed by atoms with Crippen LogP contribution in [0.3, 0.4) is 0 Å². The Hall–Kier alpha value is -3.41. The third-order valence-corrected chi connectivity index (χ3v) is 4.58. The molecule has 0 unspecified atom stereocenters. The molecule has 1 aromatic heterocycles. The van der Waals surface area contributed by atoms with Gasteiger partial charge in [-0.1, -0.05) is 36.4 Å². The highest BCUT2D eigenvalue weighted by Crippen LogP contribution is 2.21. The number of carbonyl (C=O) groups is 2. The number of amides is 2. The molecular weight excluding hydrogens is 378 g/mol. The zero-order chi connectivity index (χ0) is 21.7. The van der Waals surface area contributed by atoms with Crippen LogP contribution in [0.4, 0.5) is 10.5 Å². The fourth-order valence-electron chi connectivity index (χ4n) is 3.13. The van der Waals surface area contributed by atoms with Gasteiger partial charge >= 0.3 is 6.09 Å². The van der Waals surface area contributed by atoms with Crippen molar-refractivity contribution in [2.75, 3.05) is 11.9 Å². The second kappa shape index (κ2) is 8.95. The van der Waals surface area contributed by atoms with Gasteiger partial charge in [-0.3, -0.25) is 9.78 Å². The molecule has 0 aliphatic rings. The monoisotopic (exact) mass is 405 g/mol. The lowest BCUT2D eigenvalue weighted by Crippen LogP contribution is -2.50. The Balaban J connectivity index is 1.84. The summed E-state index contributed by atoms with van der Waals surface area (Å²) in [6.45, 7) is 5.36. The van der Waals surface area contributed by atoms with Crippen LogP contribution in [0.1, 0.15) is 26.3 Å². The van der Waals surface area contributed by atoms with E-state index in [2.05, 4.69) is 10.3 Å². The third kappa shape index (κ3) is 5.56. The number of hydrogen-bond acceptors (Lipinski definition) is 4. The van der Waals surface area contributed by atoms with Crippen molar-refractivity contribution >= 4 is 28.6 Å². The number of aromatic nitrogens is 1. The quantitative estimate of drug-likeness (QED) is 0.686. The molecule has 0 saturated carbocycles. The summed E-state index contributed by atoms with van der Waals surface area (Å²) in [7, 11) is 1.70. The molecule has 0 aliphatic carbocycles. The van der Waals surface area contributed by atoms with Gasteiger partial charge in [0.1, 0.15) is 11.6 Å². The Kier molecular flexibility index (Phi) is 6.35. The minimum Gasteiger partial charge on any atom is -0.444 e. The molecule has 6 heteroatoms. The fraction of sp³-hybridized carbons (Fsp3) is 0.292. The lowest BCUT2D eigenvalue weighted by molar-refractivity contribution is -0.120. The molecule has 1 N–H and O–H groups in total. The van der Waals surface area contributed by atoms with Crippen LogP contribution in [0, 0.1) is 0 Å². The maximum absolute atomic E-state index is 13.3. The van der Waals surface area contributed by atoms with Gasteiger partial charge in [-0.15, -0.1) is 0 Å². The molecule has 0 radical (unpaired) electrons. The number of anilines is 1. The van der Waals surface area contributed by atoms with Crippen LogP contribution < -0.4 is 10.2 Å². The summed E-state index contributed by atoms with van der Waals surface area (Å²) in [6.07, 6.45) is 1.48. The van der Waals surface area contributed by atoms with Crippen molar-refractivity contribution in [1.29, 1.82) is 0 Å². The first-order valence-electron chi connectivity index (χ1n) is 9.89. The number of nitrogens with one attached hydrogen (secondary N) is 1. The van der Waals surface area contributed by atoms with Crippen molar-refractivity contribution in [3.8, 4) is 0 Å². The van der Waals surface area contributed by atoms with Gasteiger partial charge in [0.05, 0.1) is 5.52 Å². The second-order valence-corrected chi connectivity index (χ2v) is 8.17. The van der Waals surface area contributed by atoms with Gasteiger partial charge in [0.2, 0.25) is 5.91 Å². The van der Waals surface area contributed by atoms with Crippen molar-refractivity contribution in [1.82, 2.24) is 10.3 Å². The van der Waals surface area contributed by atoms with E-state index in [9.17, 15) is 9.59 Å². The van der Waals surface area contributed by atoms with Crippen LogP contribution in [0.25, 0.3) is 10.9 Å². The first-order valence-corrected chi connectivity index (χ1v) is 9.89. The Morgan fingerprint density at radius 1 is 1.07 bits per heavy atom. The lowest BCUT2D eigenvalue weighted by atomic mass is 10.0. The lowest BCUT2D eigenvalue weighted by Gasteiger charge is -2.27. The topological polar surface area (TPSA) is 71.5 Å². The highest BCUT2D eigenvalue weighted by Gasteiger charge is 2.27. The number of fused-ring (bicyclic) bond motifs is 1. The standard InChI is InChI=1S/C24H27N3O3/c1-24(2,3)30-23(29)26-21(15-17-9-6-5-7-10-17)22(28)27(4)19-12-13-20-18(16-19)11-8-14-25-20/h5-14,16,21H,15H2,1-4H3,(H,26,29)/t21-/m0/s1. The zero-order valence-electron chi connectivity index (χ0n) is 17.8. The van der Waals surface area contributed by atoms with E-state index < -0.39 is 17.7 Å². The van der Waals surface area contributed by atoms with E-state index in [0.29, 0.717) is 6.42 Å². The normalized spacial score (nSPS) is 12.3. The van der Waals surface area contributed by atoms with Crippen LogP contribution >= 0.6 is 0 Å². The fourth-order valence-corrected chi connectivity index (χ4v) is 3.13. The van der Waals surface area contributed by atoms with Crippen LogP contribution in [0.2, 0.25) is 0 Å². The number of pyridine rings is 1. The van der Waals surface area contributed by atoms with E-state index in [0.717, 1.165) is 22.2 Å². The first-order chi connectivity index (χ1) is 14.2. The van der Waals surface area contributed by atoms with Crippen LogP contribution in [-0.2, 0) is 16.0 Å². The van der Waals surface area contributed by atoms with E-state index in [1.54, 1.807) is 38.9 Å². The highest BCUT2D eigenvalue weighted by atomic mass is 16.6. The molecule has 0 bridgehead atoms. The van der Waals surface area contributed by atoms with E-state index in [1.807, 2.05) is 60.7 Å². The summed E-state index contributed by atoms with van der Waals surface area (Å²) in [5.41, 5.74) is 1.88. The second-order valence-electron chi connectivity index (χ2n) is 8.17. The van der Waals surface area contributed by atoms with Gasteiger partial charge in [-0.05, 0) is 50.6 Å². The number of rotatable bonds is 5. The van der Waals surface area contributed by atoms with Gasteiger partial charge in [-0.25, -0.2) is 4.79 Å². The van der Waals surface area contributed by atoms with E-state index in [-0.39, 0.29) is 5.91 Å². The Morgan fingerprint density at radius 2 is 1.80 bits per heavy atom. The van der Waals surface area contributed by atoms with Gasteiger partial charge in [0.15, 0.2) is 0 Å². The van der Waals surface area contributed by atoms with Crippen LogP contribution in [0.15, 0.2) is 66.9 Å². The minimum absolute atomic E-state index is 0.229. The SMILES string of the molecule is CN(C(=O)[C@H](Cc1ccccc1)NC(=O)OC(C)(C)C)c1ccc2ncccc2c1. The number of hydrogen-bond donors (Lipinski definition) is 1. The van der Waals surface area contributed by atoms with Crippen molar-refractivity contribution in [3.63, 3.8) is 0 Å². The molecule has 0 fully saturated rings. The number of nitrogens with zero attached hydrogens (tertiary/aromatic N) is 2. The van der Waals surface area contributed by atoms with Gasteiger partial charge < -0.3 is 15.0 Å². The number of alkyl carbamates (subject to hydrolysis) is 1. The molecular formula is C24H27N3O3. The summed E-state index contributed by atoms with van der Waals surface area (Å²) in [5, 5.41) is 3.68. The molecule has 2 aromatic carbocycles. The maximum atomic E-state index is 13.3. The largest absolute Gasteiger partial charge is 0.444 e. The van der Waals surface area contributed by atoms with Gasteiger partial charge in [-0.2, -0.15) is 0 Å². The average molecular weight is 405 g/mol. The molecule has 2 amide bonds. The molecule has 1 atom stereocenters. The van der Waals surface area contributed by atoms with E-state index in [1.165, 1.54) is 0 Å². The van der Waals surface area contributed by atoms with Crippen molar-refractivity contribution in [2.24, 2.45) is 0 Å². The predicted octanol–water partition coefficient (Wildman–Crippen LogP) is 4.33. The highest BCUT2D eigenvalue weighted by molar-refractivity contribution is 6.00. The first kappa shape index (κ1) is 21.3. The number of benzene rings is 2. The van der Waals surface area contributed by atoms with E-state index >= 15 is 0 Å². The smallest absolute Gasteiger partial charge is 0.408 e. The number of likely N-dealkylation sites (N-methyl/N-ethyl adjacent to an activating group) is 1. The summed E-state index contributed by atoms with van der Waals surface area (Å²) in [5.74, 6) is -0.229. The van der Waals surface area contributed by atoms with Crippen molar-refractivity contribution in [3.05, 3.63) is 72.4 Å². The Morgan fingerprint density at radius 3 is 2.50 bits per heavy atom. The summed E-state index contributed by atoms with van der Waals surface area (Å²) < 4.78 is 5.37. The number of ether oxygens (including phenoxy) is 1. The Bertz CT molecular complexity index is 1030. The Labute approximate surface area is 176 Å². The van der Waals surface area contributed by atoms with Crippen molar-refractivity contribution in [2.45, 2.75) is 38.8 Å². The summed E-state index contributed by atoms with van der Waals surface area (Å²) in [6, 6.07) is 18.3. The molecule has 0 aliphatic heterocycles. The maximum Gasteiger partial charge on any atom is 0.408 e. The predicted molar refractivity (Wildman–Crippen MR) is 118 cm³/mol. The van der Waals surface area contributed by atoms with Crippen LogP contribution in [-0.4, -0.2) is 35.7 Å². The molecule has 0 spiro atoms. The molecule has 1 heterocycles. The molecule has 156 valence electrons. The molecule has 30 heavy (non-hydrogen) atoms. The molecule has 6 nitrogen and oxygen atoms in total. The third-order valence-electron chi connectivity index (χ3n) is 4.58. The summed E-state index contributed by atoms with van der Waals surface area (Å²) in [4.78, 5) is 31.6.